The summed E-state index contributed by atoms with van der Waals surface area (Å²) in [5.41, 5.74) is 2.41. The van der Waals surface area contributed by atoms with Crippen molar-refractivity contribution in [2.45, 2.75) is 52.5 Å². The van der Waals surface area contributed by atoms with E-state index < -0.39 is 9.84 Å². The lowest BCUT2D eigenvalue weighted by Crippen LogP contribution is -2.44. The molecule has 1 aliphatic rings. The Hall–Kier alpha value is -1.56. The first-order valence-electron chi connectivity index (χ1n) is 8.96. The van der Waals surface area contributed by atoms with Gasteiger partial charge in [0.05, 0.1) is 11.5 Å². The third kappa shape index (κ3) is 5.21. The molecule has 1 aliphatic heterocycles. The molecule has 1 unspecified atom stereocenters. The summed E-state index contributed by atoms with van der Waals surface area (Å²) in [5, 5.41) is 0. The summed E-state index contributed by atoms with van der Waals surface area (Å²) in [5.74, 6) is 1.21. The summed E-state index contributed by atoms with van der Waals surface area (Å²) in [4.78, 5) is 14.3. The van der Waals surface area contributed by atoms with Crippen LogP contribution in [-0.4, -0.2) is 49.9 Å². The summed E-state index contributed by atoms with van der Waals surface area (Å²) in [6.07, 6.45) is 1.32. The van der Waals surface area contributed by atoms with Crippen LogP contribution in [0.2, 0.25) is 0 Å². The summed E-state index contributed by atoms with van der Waals surface area (Å²) >= 11 is 0. The van der Waals surface area contributed by atoms with Gasteiger partial charge in [0.2, 0.25) is 0 Å². The van der Waals surface area contributed by atoms with Gasteiger partial charge in [-0.25, -0.2) is 8.42 Å². The molecule has 1 atom stereocenters. The summed E-state index contributed by atoms with van der Waals surface area (Å²) < 4.78 is 29.1. The molecule has 6 heteroatoms. The molecule has 0 saturated carbocycles. The molecular formula is C19H29NO4S. The number of ether oxygens (including phenoxy) is 1. The van der Waals surface area contributed by atoms with E-state index in [1.54, 1.807) is 4.90 Å². The maximum Gasteiger partial charge on any atom is 0.260 e. The Balaban J connectivity index is 2.00. The van der Waals surface area contributed by atoms with E-state index in [1.807, 2.05) is 32.0 Å². The van der Waals surface area contributed by atoms with Crippen LogP contribution in [0.4, 0.5) is 0 Å². The Kier molecular flexibility index (Phi) is 6.49. The molecule has 2 rings (SSSR count). The third-order valence-electron chi connectivity index (χ3n) is 4.66. The second kappa shape index (κ2) is 8.21. The monoisotopic (exact) mass is 367 g/mol. The molecule has 0 aliphatic carbocycles. The van der Waals surface area contributed by atoms with Gasteiger partial charge in [-0.2, -0.15) is 0 Å². The number of benzene rings is 1. The molecule has 1 aromatic carbocycles. The zero-order valence-electron chi connectivity index (χ0n) is 15.6. The molecule has 1 aromatic rings. The van der Waals surface area contributed by atoms with Crippen LogP contribution in [-0.2, 0) is 14.6 Å². The molecule has 0 bridgehead atoms. The topological polar surface area (TPSA) is 63.7 Å². The molecule has 5 nitrogen and oxygen atoms in total. The Labute approximate surface area is 151 Å². The van der Waals surface area contributed by atoms with Crippen molar-refractivity contribution < 1.29 is 17.9 Å². The molecule has 0 aromatic heterocycles. The maximum absolute atomic E-state index is 12.6. The fourth-order valence-corrected chi connectivity index (χ4v) is 5.12. The number of hydrogen-bond donors (Lipinski definition) is 0. The van der Waals surface area contributed by atoms with E-state index in [9.17, 15) is 13.2 Å². The molecule has 140 valence electrons. The molecule has 0 spiro atoms. The predicted octanol–water partition coefficient (Wildman–Crippen LogP) is 2.92. The van der Waals surface area contributed by atoms with Crippen LogP contribution in [0.1, 0.15) is 50.7 Å². The minimum atomic E-state index is -3.01. The largest absolute Gasteiger partial charge is 0.484 e. The lowest BCUT2D eigenvalue weighted by Gasteiger charge is -2.28. The first-order valence-corrected chi connectivity index (χ1v) is 10.8. The van der Waals surface area contributed by atoms with E-state index in [0.29, 0.717) is 24.6 Å². The summed E-state index contributed by atoms with van der Waals surface area (Å²) in [6, 6.07) is 5.66. The lowest BCUT2D eigenvalue weighted by atomic mass is 9.98. The Morgan fingerprint density at radius 2 is 2.08 bits per heavy atom. The van der Waals surface area contributed by atoms with E-state index in [1.165, 1.54) is 5.56 Å². The quantitative estimate of drug-likeness (QED) is 0.743. The highest BCUT2D eigenvalue weighted by atomic mass is 32.2. The van der Waals surface area contributed by atoms with Gasteiger partial charge in [0, 0.05) is 12.6 Å². The predicted molar refractivity (Wildman–Crippen MR) is 99.8 cm³/mol. The van der Waals surface area contributed by atoms with Crippen LogP contribution >= 0.6 is 0 Å². The normalized spacial score (nSPS) is 19.2. The minimum Gasteiger partial charge on any atom is -0.484 e. The summed E-state index contributed by atoms with van der Waals surface area (Å²) in [6.45, 7) is 8.81. The standard InChI is InChI=1S/C19H29NO4S/c1-5-9-20(16-8-10-25(22,23)13-16)19(21)12-24-17-6-7-18(14(2)3)15(4)11-17/h6-7,11,14,16H,5,8-10,12-13H2,1-4H3. The van der Waals surface area contributed by atoms with Crippen molar-refractivity contribution >= 4 is 15.7 Å². The van der Waals surface area contributed by atoms with Crippen LogP contribution in [0.15, 0.2) is 18.2 Å². The number of amides is 1. The number of aryl methyl sites for hydroxylation is 1. The zero-order chi connectivity index (χ0) is 18.6. The Bertz CT molecular complexity index is 712. The van der Waals surface area contributed by atoms with Crippen molar-refractivity contribution in [1.29, 1.82) is 0 Å². The fraction of sp³-hybridized carbons (Fsp3) is 0.632. The van der Waals surface area contributed by atoms with Crippen molar-refractivity contribution in [3.8, 4) is 5.75 Å². The van der Waals surface area contributed by atoms with Gasteiger partial charge in [-0.05, 0) is 48.9 Å². The van der Waals surface area contributed by atoms with Crippen LogP contribution in [0, 0.1) is 6.92 Å². The number of rotatable bonds is 7. The second-order valence-corrected chi connectivity index (χ2v) is 9.33. The molecule has 1 amide bonds. The number of carbonyl (C=O) groups excluding carboxylic acids is 1. The van der Waals surface area contributed by atoms with Gasteiger partial charge in [0.1, 0.15) is 5.75 Å². The number of hydrogen-bond acceptors (Lipinski definition) is 4. The van der Waals surface area contributed by atoms with Gasteiger partial charge >= 0.3 is 0 Å². The molecule has 1 saturated heterocycles. The highest BCUT2D eigenvalue weighted by Gasteiger charge is 2.34. The number of nitrogens with zero attached hydrogens (tertiary/aromatic N) is 1. The maximum atomic E-state index is 12.6. The van der Waals surface area contributed by atoms with Crippen LogP contribution in [0.5, 0.6) is 5.75 Å². The van der Waals surface area contributed by atoms with Gasteiger partial charge in [-0.3, -0.25) is 4.79 Å². The molecule has 0 N–H and O–H groups in total. The van der Waals surface area contributed by atoms with Crippen LogP contribution in [0.3, 0.4) is 0 Å². The Morgan fingerprint density at radius 3 is 2.60 bits per heavy atom. The third-order valence-corrected chi connectivity index (χ3v) is 6.41. The SMILES string of the molecule is CCCN(C(=O)COc1ccc(C(C)C)c(C)c1)C1CCS(=O)(=O)C1. The average Bonchev–Trinajstić information content (AvgIpc) is 2.89. The van der Waals surface area contributed by atoms with Crippen molar-refractivity contribution in [2.24, 2.45) is 0 Å². The van der Waals surface area contributed by atoms with E-state index in [0.717, 1.165) is 12.0 Å². The van der Waals surface area contributed by atoms with Gasteiger partial charge < -0.3 is 9.64 Å². The first-order chi connectivity index (χ1) is 11.7. The van der Waals surface area contributed by atoms with Crippen LogP contribution in [0.25, 0.3) is 0 Å². The van der Waals surface area contributed by atoms with Crippen molar-refractivity contribution in [1.82, 2.24) is 4.90 Å². The minimum absolute atomic E-state index is 0.0585. The van der Waals surface area contributed by atoms with E-state index >= 15 is 0 Å². The highest BCUT2D eigenvalue weighted by molar-refractivity contribution is 7.91. The van der Waals surface area contributed by atoms with Crippen molar-refractivity contribution in [2.75, 3.05) is 24.7 Å². The number of carbonyl (C=O) groups is 1. The van der Waals surface area contributed by atoms with E-state index in [2.05, 4.69) is 13.8 Å². The molecular weight excluding hydrogens is 338 g/mol. The van der Waals surface area contributed by atoms with E-state index in [4.69, 9.17) is 4.74 Å². The van der Waals surface area contributed by atoms with E-state index in [-0.39, 0.29) is 30.1 Å². The van der Waals surface area contributed by atoms with Crippen molar-refractivity contribution in [3.63, 3.8) is 0 Å². The fourth-order valence-electron chi connectivity index (χ4n) is 3.39. The number of sulfone groups is 1. The Morgan fingerprint density at radius 1 is 1.36 bits per heavy atom. The van der Waals surface area contributed by atoms with Gasteiger partial charge in [-0.1, -0.05) is 26.8 Å². The van der Waals surface area contributed by atoms with Crippen molar-refractivity contribution in [3.05, 3.63) is 29.3 Å². The van der Waals surface area contributed by atoms with Gasteiger partial charge in [-0.15, -0.1) is 0 Å². The molecule has 25 heavy (non-hydrogen) atoms. The first kappa shape index (κ1) is 19.8. The molecule has 0 radical (unpaired) electrons. The van der Waals surface area contributed by atoms with Crippen LogP contribution < -0.4 is 4.74 Å². The zero-order valence-corrected chi connectivity index (χ0v) is 16.4. The summed E-state index contributed by atoms with van der Waals surface area (Å²) in [7, 11) is -3.01. The van der Waals surface area contributed by atoms with Gasteiger partial charge in [0.15, 0.2) is 16.4 Å². The highest BCUT2D eigenvalue weighted by Crippen LogP contribution is 2.24. The molecule has 1 fully saturated rings. The smallest absolute Gasteiger partial charge is 0.260 e. The average molecular weight is 368 g/mol. The molecule has 1 heterocycles. The lowest BCUT2D eigenvalue weighted by molar-refractivity contribution is -0.135. The van der Waals surface area contributed by atoms with Gasteiger partial charge in [0.25, 0.3) is 5.91 Å². The second-order valence-electron chi connectivity index (χ2n) is 7.11.